The topological polar surface area (TPSA) is 54.4 Å². The van der Waals surface area contributed by atoms with Gasteiger partial charge in [-0.2, -0.15) is 0 Å². The van der Waals surface area contributed by atoms with Crippen LogP contribution in [0.15, 0.2) is 23.6 Å². The Morgan fingerprint density at radius 2 is 2.24 bits per heavy atom. The number of nitrogens with zero attached hydrogens (tertiary/aromatic N) is 1. The minimum atomic E-state index is -0.569. The van der Waals surface area contributed by atoms with Gasteiger partial charge in [0.05, 0.1) is 10.7 Å². The zero-order valence-electron chi connectivity index (χ0n) is 12.1. The Balaban J connectivity index is 1.69. The molecule has 1 aromatic heterocycles. The molecule has 1 atom stereocenters. The molecule has 1 aromatic carbocycles. The molecule has 21 heavy (non-hydrogen) atoms. The summed E-state index contributed by atoms with van der Waals surface area (Å²) in [4.78, 5) is 4.35. The van der Waals surface area contributed by atoms with E-state index in [1.165, 1.54) is 0 Å². The van der Waals surface area contributed by atoms with Crippen molar-refractivity contribution in [3.05, 3.63) is 44.9 Å². The molecule has 0 saturated carbocycles. The van der Waals surface area contributed by atoms with Crippen molar-refractivity contribution in [2.24, 2.45) is 0 Å². The smallest absolute Gasteiger partial charge is 0.119 e. The molecule has 114 valence electrons. The minimum absolute atomic E-state index is 0.240. The number of thiazole rings is 1. The highest BCUT2D eigenvalue weighted by atomic mass is 35.5. The number of aliphatic hydroxyl groups is 1. The number of aromatic nitrogens is 1. The van der Waals surface area contributed by atoms with Gasteiger partial charge >= 0.3 is 0 Å². The molecular weight excluding hydrogens is 308 g/mol. The van der Waals surface area contributed by atoms with Crippen LogP contribution >= 0.6 is 22.9 Å². The summed E-state index contributed by atoms with van der Waals surface area (Å²) in [6.45, 7) is 5.25. The Morgan fingerprint density at radius 3 is 2.90 bits per heavy atom. The lowest BCUT2D eigenvalue weighted by atomic mass is 10.2. The standard InChI is InChI=1S/C15H19ClN2O2S/c1-10-5-14(3-4-15(10)16)20-8-13(19)7-17-6-12-9-21-11(2)18-12/h3-5,9,13,17,19H,6-8H2,1-2H3. The average molecular weight is 327 g/mol. The van der Waals surface area contributed by atoms with E-state index in [9.17, 15) is 5.11 Å². The van der Waals surface area contributed by atoms with Gasteiger partial charge in [0.1, 0.15) is 18.5 Å². The van der Waals surface area contributed by atoms with Crippen molar-refractivity contribution in [1.82, 2.24) is 10.3 Å². The summed E-state index contributed by atoms with van der Waals surface area (Å²) in [6.07, 6.45) is -0.569. The number of aliphatic hydroxyl groups excluding tert-OH is 1. The van der Waals surface area contributed by atoms with E-state index in [0.717, 1.165) is 16.3 Å². The van der Waals surface area contributed by atoms with E-state index < -0.39 is 6.10 Å². The van der Waals surface area contributed by atoms with Crippen molar-refractivity contribution in [3.63, 3.8) is 0 Å². The van der Waals surface area contributed by atoms with Crippen molar-refractivity contribution < 1.29 is 9.84 Å². The number of ether oxygens (including phenoxy) is 1. The number of nitrogens with one attached hydrogen (secondary N) is 1. The highest BCUT2D eigenvalue weighted by molar-refractivity contribution is 7.09. The summed E-state index contributed by atoms with van der Waals surface area (Å²) < 4.78 is 5.55. The van der Waals surface area contributed by atoms with Gasteiger partial charge in [0.2, 0.25) is 0 Å². The summed E-state index contributed by atoms with van der Waals surface area (Å²) in [5.41, 5.74) is 1.96. The summed E-state index contributed by atoms with van der Waals surface area (Å²) in [7, 11) is 0. The largest absolute Gasteiger partial charge is 0.491 e. The molecule has 2 aromatic rings. The van der Waals surface area contributed by atoms with E-state index in [0.29, 0.717) is 23.9 Å². The van der Waals surface area contributed by atoms with Gasteiger partial charge in [-0.25, -0.2) is 4.98 Å². The van der Waals surface area contributed by atoms with Crippen LogP contribution in [0.5, 0.6) is 5.75 Å². The highest BCUT2D eigenvalue weighted by Crippen LogP contribution is 2.21. The average Bonchev–Trinajstić information content (AvgIpc) is 2.86. The van der Waals surface area contributed by atoms with E-state index in [1.807, 2.05) is 25.3 Å². The van der Waals surface area contributed by atoms with Crippen LogP contribution in [0, 0.1) is 13.8 Å². The molecule has 1 unspecified atom stereocenters. The summed E-state index contributed by atoms with van der Waals surface area (Å²) >= 11 is 7.58. The number of aryl methyl sites for hydroxylation is 2. The SMILES string of the molecule is Cc1nc(CNCC(O)COc2ccc(Cl)c(C)c2)cs1. The van der Waals surface area contributed by atoms with Crippen LogP contribution < -0.4 is 10.1 Å². The lowest BCUT2D eigenvalue weighted by molar-refractivity contribution is 0.106. The predicted octanol–water partition coefficient (Wildman–Crippen LogP) is 2.94. The quantitative estimate of drug-likeness (QED) is 0.821. The van der Waals surface area contributed by atoms with Gasteiger partial charge in [-0.05, 0) is 37.6 Å². The summed E-state index contributed by atoms with van der Waals surface area (Å²) in [5.74, 6) is 0.714. The number of hydrogen-bond acceptors (Lipinski definition) is 5. The predicted molar refractivity (Wildman–Crippen MR) is 86.2 cm³/mol. The lowest BCUT2D eigenvalue weighted by Crippen LogP contribution is -2.31. The first kappa shape index (κ1) is 16.2. The molecule has 0 fully saturated rings. The molecule has 6 heteroatoms. The first-order valence-corrected chi connectivity index (χ1v) is 7.99. The molecule has 0 spiro atoms. The molecule has 2 N–H and O–H groups in total. The highest BCUT2D eigenvalue weighted by Gasteiger charge is 2.06. The van der Waals surface area contributed by atoms with Crippen molar-refractivity contribution in [2.75, 3.05) is 13.2 Å². The molecule has 2 rings (SSSR count). The molecule has 0 aliphatic rings. The van der Waals surface area contributed by atoms with Crippen molar-refractivity contribution >= 4 is 22.9 Å². The van der Waals surface area contributed by atoms with Crippen molar-refractivity contribution in [2.45, 2.75) is 26.5 Å². The zero-order chi connectivity index (χ0) is 15.2. The molecule has 0 amide bonds. The van der Waals surface area contributed by atoms with E-state index in [2.05, 4.69) is 10.3 Å². The molecule has 0 bridgehead atoms. The van der Waals surface area contributed by atoms with Gasteiger partial charge in [-0.15, -0.1) is 11.3 Å². The fourth-order valence-electron chi connectivity index (χ4n) is 1.81. The van der Waals surface area contributed by atoms with Crippen LogP contribution in [0.4, 0.5) is 0 Å². The lowest BCUT2D eigenvalue weighted by Gasteiger charge is -2.13. The van der Waals surface area contributed by atoms with Gasteiger partial charge in [-0.3, -0.25) is 0 Å². The number of rotatable bonds is 7. The third-order valence-corrected chi connectivity index (χ3v) is 4.17. The second kappa shape index (κ2) is 7.75. The maximum atomic E-state index is 9.89. The molecule has 0 aliphatic carbocycles. The number of hydrogen-bond donors (Lipinski definition) is 2. The van der Waals surface area contributed by atoms with Crippen LogP contribution in [0.3, 0.4) is 0 Å². The molecule has 0 aliphatic heterocycles. The zero-order valence-corrected chi connectivity index (χ0v) is 13.7. The normalized spacial score (nSPS) is 12.4. The molecular formula is C15H19ClN2O2S. The number of halogens is 1. The van der Waals surface area contributed by atoms with Gasteiger partial charge in [0.25, 0.3) is 0 Å². The Labute approximate surface area is 133 Å². The van der Waals surface area contributed by atoms with E-state index in [1.54, 1.807) is 23.5 Å². The van der Waals surface area contributed by atoms with Crippen LogP contribution in [0.25, 0.3) is 0 Å². The van der Waals surface area contributed by atoms with Gasteiger partial charge in [-0.1, -0.05) is 11.6 Å². The fraction of sp³-hybridized carbons (Fsp3) is 0.400. The maximum absolute atomic E-state index is 9.89. The molecule has 1 heterocycles. The second-order valence-electron chi connectivity index (χ2n) is 4.86. The first-order valence-electron chi connectivity index (χ1n) is 6.73. The van der Waals surface area contributed by atoms with Crippen LogP contribution in [-0.4, -0.2) is 29.3 Å². The molecule has 4 nitrogen and oxygen atoms in total. The Bertz CT molecular complexity index is 589. The van der Waals surface area contributed by atoms with E-state index >= 15 is 0 Å². The van der Waals surface area contributed by atoms with E-state index in [-0.39, 0.29) is 6.61 Å². The fourth-order valence-corrected chi connectivity index (χ4v) is 2.54. The Morgan fingerprint density at radius 1 is 1.43 bits per heavy atom. The molecule has 0 radical (unpaired) electrons. The van der Waals surface area contributed by atoms with Crippen molar-refractivity contribution in [3.8, 4) is 5.75 Å². The van der Waals surface area contributed by atoms with Gasteiger partial charge < -0.3 is 15.2 Å². The third-order valence-electron chi connectivity index (χ3n) is 2.92. The maximum Gasteiger partial charge on any atom is 0.119 e. The Kier molecular flexibility index (Phi) is 5.99. The van der Waals surface area contributed by atoms with Gasteiger partial charge in [0, 0.05) is 23.5 Å². The monoisotopic (exact) mass is 326 g/mol. The second-order valence-corrected chi connectivity index (χ2v) is 6.33. The van der Waals surface area contributed by atoms with Crippen molar-refractivity contribution in [1.29, 1.82) is 0 Å². The minimum Gasteiger partial charge on any atom is -0.491 e. The number of benzene rings is 1. The molecule has 0 saturated heterocycles. The van der Waals surface area contributed by atoms with E-state index in [4.69, 9.17) is 16.3 Å². The van der Waals surface area contributed by atoms with Crippen LogP contribution in [-0.2, 0) is 6.54 Å². The summed E-state index contributed by atoms with van der Waals surface area (Å²) in [5, 5.41) is 16.8. The summed E-state index contributed by atoms with van der Waals surface area (Å²) in [6, 6.07) is 5.45. The van der Waals surface area contributed by atoms with Gasteiger partial charge in [0.15, 0.2) is 0 Å². The Hall–Kier alpha value is -1.14. The van der Waals surface area contributed by atoms with Crippen LogP contribution in [0.2, 0.25) is 5.02 Å². The van der Waals surface area contributed by atoms with Crippen LogP contribution in [0.1, 0.15) is 16.3 Å². The third kappa shape index (κ3) is 5.28. The first-order chi connectivity index (χ1) is 10.0.